The van der Waals surface area contributed by atoms with E-state index >= 15 is 0 Å². The normalized spacial score (nSPS) is 22.5. The molecule has 1 aliphatic heterocycles. The van der Waals surface area contributed by atoms with Crippen LogP contribution in [-0.2, 0) is 9.53 Å². The molecule has 9 heteroatoms. The van der Waals surface area contributed by atoms with E-state index in [4.69, 9.17) is 21.9 Å². The Morgan fingerprint density at radius 2 is 2.06 bits per heavy atom. The number of carbonyl (C=O) groups excluding carboxylic acids is 1. The number of anilines is 1. The first-order valence-electron chi connectivity index (χ1n) is 11.4. The Bertz CT molecular complexity index is 1150. The molecule has 2 aliphatic rings. The molecule has 1 saturated carbocycles. The van der Waals surface area contributed by atoms with Crippen LogP contribution in [-0.4, -0.2) is 50.8 Å². The second-order valence-corrected chi connectivity index (χ2v) is 10.5. The number of methoxy groups -OCH3 is 1. The number of pyridine rings is 1. The number of thiocarbonyl (C=S) groups is 1. The van der Waals surface area contributed by atoms with E-state index in [1.807, 2.05) is 19.1 Å². The SMILES string of the molecule is COCCCN1C(=O)/C(=C\c2c(NC3CCC(C)CC3)nc3c(C)cccn3c2=O)SC1=S. The van der Waals surface area contributed by atoms with Crippen molar-refractivity contribution in [1.82, 2.24) is 14.3 Å². The van der Waals surface area contributed by atoms with Gasteiger partial charge in [0, 0.05) is 32.5 Å². The predicted octanol–water partition coefficient (Wildman–Crippen LogP) is 4.23. The molecule has 0 aromatic carbocycles. The minimum absolute atomic E-state index is 0.174. The van der Waals surface area contributed by atoms with Gasteiger partial charge in [0.15, 0.2) is 0 Å². The van der Waals surface area contributed by atoms with Crippen molar-refractivity contribution in [3.05, 3.63) is 44.7 Å². The van der Waals surface area contributed by atoms with Crippen molar-refractivity contribution in [2.24, 2.45) is 5.92 Å². The number of aryl methyl sites for hydroxylation is 1. The Labute approximate surface area is 203 Å². The van der Waals surface area contributed by atoms with Gasteiger partial charge in [-0.25, -0.2) is 4.98 Å². The van der Waals surface area contributed by atoms with E-state index in [1.54, 1.807) is 28.7 Å². The number of hydrogen-bond acceptors (Lipinski definition) is 7. The molecular weight excluding hydrogens is 456 g/mol. The summed E-state index contributed by atoms with van der Waals surface area (Å²) in [5, 5.41) is 3.53. The number of amides is 1. The van der Waals surface area contributed by atoms with Gasteiger partial charge in [0.1, 0.15) is 15.8 Å². The van der Waals surface area contributed by atoms with E-state index in [9.17, 15) is 9.59 Å². The van der Waals surface area contributed by atoms with Crippen molar-refractivity contribution in [1.29, 1.82) is 0 Å². The molecule has 0 unspecified atom stereocenters. The van der Waals surface area contributed by atoms with Crippen molar-refractivity contribution in [2.45, 2.75) is 52.0 Å². The fourth-order valence-electron chi connectivity index (χ4n) is 4.34. The van der Waals surface area contributed by atoms with Crippen LogP contribution < -0.4 is 10.9 Å². The molecule has 1 saturated heterocycles. The minimum Gasteiger partial charge on any atom is -0.385 e. The van der Waals surface area contributed by atoms with Crippen LogP contribution in [0.25, 0.3) is 11.7 Å². The maximum Gasteiger partial charge on any atom is 0.267 e. The summed E-state index contributed by atoms with van der Waals surface area (Å²) in [5.41, 5.74) is 1.75. The van der Waals surface area contributed by atoms with Gasteiger partial charge in [-0.2, -0.15) is 0 Å². The molecule has 2 aromatic rings. The van der Waals surface area contributed by atoms with Crippen LogP contribution in [0.2, 0.25) is 0 Å². The van der Waals surface area contributed by atoms with Crippen molar-refractivity contribution in [3.8, 4) is 0 Å². The van der Waals surface area contributed by atoms with Gasteiger partial charge in [0.25, 0.3) is 11.5 Å². The largest absolute Gasteiger partial charge is 0.385 e. The van der Waals surface area contributed by atoms with E-state index in [1.165, 1.54) is 11.8 Å². The molecule has 2 aromatic heterocycles. The minimum atomic E-state index is -0.194. The number of thioether (sulfide) groups is 1. The van der Waals surface area contributed by atoms with Gasteiger partial charge in [-0.3, -0.25) is 18.9 Å². The third-order valence-electron chi connectivity index (χ3n) is 6.32. The number of nitrogens with one attached hydrogen (secondary N) is 1. The second-order valence-electron chi connectivity index (χ2n) is 8.84. The lowest BCUT2D eigenvalue weighted by molar-refractivity contribution is -0.122. The average molecular weight is 487 g/mol. The summed E-state index contributed by atoms with van der Waals surface area (Å²) in [7, 11) is 1.63. The molecule has 0 spiro atoms. The summed E-state index contributed by atoms with van der Waals surface area (Å²) in [6.07, 6.45) is 8.46. The van der Waals surface area contributed by atoms with Crippen LogP contribution in [0.1, 0.15) is 50.2 Å². The number of carbonyl (C=O) groups is 1. The number of aromatic nitrogens is 2. The molecule has 1 amide bonds. The third-order valence-corrected chi connectivity index (χ3v) is 7.70. The molecule has 33 heavy (non-hydrogen) atoms. The lowest BCUT2D eigenvalue weighted by atomic mass is 9.87. The maximum atomic E-state index is 13.5. The molecule has 1 aliphatic carbocycles. The zero-order valence-corrected chi connectivity index (χ0v) is 20.9. The summed E-state index contributed by atoms with van der Waals surface area (Å²) in [6, 6.07) is 4.04. The topological polar surface area (TPSA) is 75.9 Å². The van der Waals surface area contributed by atoms with Gasteiger partial charge in [0.05, 0.1) is 10.5 Å². The average Bonchev–Trinajstić information content (AvgIpc) is 3.06. The molecule has 3 heterocycles. The van der Waals surface area contributed by atoms with Gasteiger partial charge in [0.2, 0.25) is 0 Å². The number of hydrogen-bond donors (Lipinski definition) is 1. The summed E-state index contributed by atoms with van der Waals surface area (Å²) in [5.74, 6) is 1.09. The summed E-state index contributed by atoms with van der Waals surface area (Å²) in [6.45, 7) is 5.27. The molecule has 4 rings (SSSR count). The van der Waals surface area contributed by atoms with Crippen molar-refractivity contribution in [2.75, 3.05) is 25.6 Å². The zero-order valence-electron chi connectivity index (χ0n) is 19.3. The third kappa shape index (κ3) is 5.15. The highest BCUT2D eigenvalue weighted by Gasteiger charge is 2.32. The van der Waals surface area contributed by atoms with Crippen molar-refractivity contribution >= 4 is 51.7 Å². The predicted molar refractivity (Wildman–Crippen MR) is 138 cm³/mol. The molecule has 0 bridgehead atoms. The van der Waals surface area contributed by atoms with Gasteiger partial charge in [-0.05, 0) is 62.7 Å². The number of ether oxygens (including phenoxy) is 1. The fourth-order valence-corrected chi connectivity index (χ4v) is 5.63. The quantitative estimate of drug-likeness (QED) is 0.357. The van der Waals surface area contributed by atoms with Crippen LogP contribution in [0, 0.1) is 12.8 Å². The molecular formula is C24H30N4O3S2. The summed E-state index contributed by atoms with van der Waals surface area (Å²) >= 11 is 6.67. The molecule has 0 radical (unpaired) electrons. The van der Waals surface area contributed by atoms with Gasteiger partial charge < -0.3 is 10.1 Å². The van der Waals surface area contributed by atoms with Gasteiger partial charge >= 0.3 is 0 Å². The monoisotopic (exact) mass is 486 g/mol. The Morgan fingerprint density at radius 3 is 2.79 bits per heavy atom. The van der Waals surface area contributed by atoms with Crippen molar-refractivity contribution < 1.29 is 9.53 Å². The smallest absolute Gasteiger partial charge is 0.267 e. The molecule has 0 atom stereocenters. The van der Waals surface area contributed by atoms with Crippen LogP contribution in [0.3, 0.4) is 0 Å². The first-order valence-corrected chi connectivity index (χ1v) is 12.6. The molecule has 2 fully saturated rings. The number of nitrogens with zero attached hydrogens (tertiary/aromatic N) is 3. The van der Waals surface area contributed by atoms with Crippen LogP contribution in [0.4, 0.5) is 5.82 Å². The Hall–Kier alpha value is -2.23. The van der Waals surface area contributed by atoms with Crippen LogP contribution in [0.15, 0.2) is 28.0 Å². The zero-order chi connectivity index (χ0) is 23.5. The van der Waals surface area contributed by atoms with Crippen LogP contribution >= 0.6 is 24.0 Å². The lowest BCUT2D eigenvalue weighted by Crippen LogP contribution is -2.30. The second kappa shape index (κ2) is 10.4. The Morgan fingerprint density at radius 1 is 1.30 bits per heavy atom. The lowest BCUT2D eigenvalue weighted by Gasteiger charge is -2.28. The van der Waals surface area contributed by atoms with E-state index in [-0.39, 0.29) is 17.5 Å². The molecule has 7 nitrogen and oxygen atoms in total. The van der Waals surface area contributed by atoms with Gasteiger partial charge in [-0.15, -0.1) is 0 Å². The van der Waals surface area contributed by atoms with E-state index in [0.717, 1.165) is 37.2 Å². The summed E-state index contributed by atoms with van der Waals surface area (Å²) < 4.78 is 7.14. The first kappa shape index (κ1) is 23.9. The number of rotatable bonds is 7. The van der Waals surface area contributed by atoms with E-state index < -0.39 is 0 Å². The summed E-state index contributed by atoms with van der Waals surface area (Å²) in [4.78, 5) is 33.4. The van der Waals surface area contributed by atoms with Gasteiger partial charge in [-0.1, -0.05) is 37.0 Å². The molecule has 176 valence electrons. The Kier molecular flexibility index (Phi) is 7.51. The number of fused-ring (bicyclic) bond motifs is 1. The maximum absolute atomic E-state index is 13.5. The van der Waals surface area contributed by atoms with Crippen LogP contribution in [0.5, 0.6) is 0 Å². The standard InChI is InChI=1S/C24H30N4O3S2/c1-15-7-9-17(10-8-15)25-20-18(22(29)27-11-4-6-16(2)21(27)26-20)14-19-23(30)28(24(32)33-19)12-5-13-31-3/h4,6,11,14-15,17,25H,5,7-10,12-13H2,1-3H3/b19-14+. The van der Waals surface area contributed by atoms with E-state index in [0.29, 0.717) is 45.8 Å². The highest BCUT2D eigenvalue weighted by molar-refractivity contribution is 8.26. The van der Waals surface area contributed by atoms with Crippen molar-refractivity contribution in [3.63, 3.8) is 0 Å². The molecule has 1 N–H and O–H groups in total. The first-order chi connectivity index (χ1) is 15.9. The highest BCUT2D eigenvalue weighted by Crippen LogP contribution is 2.34. The fraction of sp³-hybridized carbons (Fsp3) is 0.500. The van der Waals surface area contributed by atoms with E-state index in [2.05, 4.69) is 12.2 Å². The highest BCUT2D eigenvalue weighted by atomic mass is 32.2. The Balaban J connectivity index is 1.72.